The predicted molar refractivity (Wildman–Crippen MR) is 62.5 cm³/mol. The first kappa shape index (κ1) is 13.0. The van der Waals surface area contributed by atoms with Crippen LogP contribution in [0.25, 0.3) is 0 Å². The Bertz CT molecular complexity index is 521. The number of hydrogen-bond acceptors (Lipinski definition) is 5. The third-order valence-corrected chi connectivity index (χ3v) is 2.82. The molecule has 0 aliphatic carbocycles. The molecule has 2 atom stereocenters. The molecular formula is C11H16N2O5. The van der Waals surface area contributed by atoms with E-state index in [0.717, 1.165) is 0 Å². The fourth-order valence-electron chi connectivity index (χ4n) is 1.83. The molecule has 18 heavy (non-hydrogen) atoms. The van der Waals surface area contributed by atoms with Crippen molar-refractivity contribution in [2.45, 2.75) is 25.7 Å². The highest BCUT2D eigenvalue weighted by Crippen LogP contribution is 2.17. The number of aliphatic hydroxyl groups excluding tert-OH is 1. The molecule has 2 N–H and O–H groups in total. The Kier molecular flexibility index (Phi) is 3.95. The normalized spacial score (nSPS) is 24.8. The summed E-state index contributed by atoms with van der Waals surface area (Å²) in [7, 11) is 0. The molecule has 0 saturated carbocycles. The molecule has 0 radical (unpaired) electrons. The predicted octanol–water partition coefficient (Wildman–Crippen LogP) is -0.859. The van der Waals surface area contributed by atoms with Gasteiger partial charge in [0.25, 0.3) is 5.56 Å². The maximum Gasteiger partial charge on any atom is 0.330 e. The molecule has 1 aliphatic rings. The Labute approximate surface area is 103 Å². The second-order valence-corrected chi connectivity index (χ2v) is 4.24. The number of hydrogen-bond donors (Lipinski definition) is 2. The summed E-state index contributed by atoms with van der Waals surface area (Å²) in [5.41, 5.74) is -0.488. The molecule has 1 aromatic heterocycles. The van der Waals surface area contributed by atoms with E-state index < -0.39 is 23.6 Å². The summed E-state index contributed by atoms with van der Waals surface area (Å²) >= 11 is 0. The first-order valence-electron chi connectivity index (χ1n) is 5.78. The highest BCUT2D eigenvalue weighted by molar-refractivity contribution is 5.01. The lowest BCUT2D eigenvalue weighted by atomic mass is 10.3. The number of aromatic nitrogens is 2. The Morgan fingerprint density at radius 3 is 3.06 bits per heavy atom. The van der Waals surface area contributed by atoms with Gasteiger partial charge in [-0.25, -0.2) is 4.79 Å². The lowest BCUT2D eigenvalue weighted by Gasteiger charge is -2.21. The summed E-state index contributed by atoms with van der Waals surface area (Å²) in [6.45, 7) is 2.18. The zero-order valence-electron chi connectivity index (χ0n) is 10.1. The zero-order valence-corrected chi connectivity index (χ0v) is 10.1. The van der Waals surface area contributed by atoms with Crippen LogP contribution in [0.1, 0.15) is 18.2 Å². The molecular weight excluding hydrogens is 240 g/mol. The van der Waals surface area contributed by atoms with Crippen LogP contribution in [0, 0.1) is 6.92 Å². The lowest BCUT2D eigenvalue weighted by molar-refractivity contribution is -0.0766. The van der Waals surface area contributed by atoms with E-state index in [2.05, 4.69) is 4.98 Å². The van der Waals surface area contributed by atoms with Crippen molar-refractivity contribution in [1.29, 1.82) is 0 Å². The van der Waals surface area contributed by atoms with Gasteiger partial charge in [0.1, 0.15) is 12.3 Å². The van der Waals surface area contributed by atoms with Crippen LogP contribution in [-0.4, -0.2) is 40.6 Å². The van der Waals surface area contributed by atoms with E-state index in [1.165, 1.54) is 10.8 Å². The average molecular weight is 256 g/mol. The van der Waals surface area contributed by atoms with E-state index in [0.29, 0.717) is 25.2 Å². The fourth-order valence-corrected chi connectivity index (χ4v) is 1.83. The van der Waals surface area contributed by atoms with Crippen LogP contribution in [0.4, 0.5) is 0 Å². The van der Waals surface area contributed by atoms with E-state index in [1.807, 2.05) is 0 Å². The van der Waals surface area contributed by atoms with Crippen molar-refractivity contribution < 1.29 is 14.6 Å². The van der Waals surface area contributed by atoms with Gasteiger partial charge < -0.3 is 14.6 Å². The Hall–Kier alpha value is -1.44. The van der Waals surface area contributed by atoms with Crippen LogP contribution in [0.15, 0.2) is 15.8 Å². The maximum absolute atomic E-state index is 11.7. The van der Waals surface area contributed by atoms with E-state index in [9.17, 15) is 9.59 Å². The molecule has 7 nitrogen and oxygen atoms in total. The molecule has 1 saturated heterocycles. The molecule has 1 aromatic rings. The lowest BCUT2D eigenvalue weighted by Crippen LogP contribution is -2.36. The molecule has 2 heterocycles. The third kappa shape index (κ3) is 2.69. The van der Waals surface area contributed by atoms with Crippen molar-refractivity contribution in [3.05, 3.63) is 32.6 Å². The number of ether oxygens (including phenoxy) is 2. The zero-order chi connectivity index (χ0) is 13.1. The number of nitrogens with one attached hydrogen (secondary N) is 1. The van der Waals surface area contributed by atoms with Crippen molar-refractivity contribution in [1.82, 2.24) is 9.55 Å². The Morgan fingerprint density at radius 1 is 1.56 bits per heavy atom. The minimum absolute atomic E-state index is 0.173. The molecule has 1 fully saturated rings. The summed E-state index contributed by atoms with van der Waals surface area (Å²) in [6.07, 6.45) is 0.956. The van der Waals surface area contributed by atoms with Crippen molar-refractivity contribution >= 4 is 0 Å². The van der Waals surface area contributed by atoms with Gasteiger partial charge >= 0.3 is 5.69 Å². The van der Waals surface area contributed by atoms with Crippen LogP contribution in [0.2, 0.25) is 0 Å². The van der Waals surface area contributed by atoms with E-state index >= 15 is 0 Å². The molecule has 7 heteroatoms. The number of H-pyrrole nitrogens is 1. The first-order valence-corrected chi connectivity index (χ1v) is 5.78. The van der Waals surface area contributed by atoms with Crippen LogP contribution in [0.5, 0.6) is 0 Å². The van der Waals surface area contributed by atoms with Gasteiger partial charge in [-0.15, -0.1) is 0 Å². The molecule has 0 unspecified atom stereocenters. The van der Waals surface area contributed by atoms with Gasteiger partial charge in [-0.3, -0.25) is 14.3 Å². The van der Waals surface area contributed by atoms with Gasteiger partial charge in [-0.2, -0.15) is 0 Å². The first-order chi connectivity index (χ1) is 8.61. The highest BCUT2D eigenvalue weighted by atomic mass is 16.6. The molecule has 0 spiro atoms. The monoisotopic (exact) mass is 256 g/mol. The Balaban J connectivity index is 2.32. The summed E-state index contributed by atoms with van der Waals surface area (Å²) < 4.78 is 12.2. The van der Waals surface area contributed by atoms with Gasteiger partial charge in [-0.05, 0) is 6.92 Å². The van der Waals surface area contributed by atoms with Crippen LogP contribution in [-0.2, 0) is 9.47 Å². The summed E-state index contributed by atoms with van der Waals surface area (Å²) in [5.74, 6) is 0. The minimum Gasteiger partial charge on any atom is -0.394 e. The van der Waals surface area contributed by atoms with Crippen molar-refractivity contribution in [2.75, 3.05) is 19.8 Å². The van der Waals surface area contributed by atoms with Crippen molar-refractivity contribution in [3.8, 4) is 0 Å². The fraction of sp³-hybridized carbons (Fsp3) is 0.636. The molecule has 0 aromatic carbocycles. The number of nitrogens with zero attached hydrogens (tertiary/aromatic N) is 1. The molecule has 2 rings (SSSR count). The van der Waals surface area contributed by atoms with E-state index in [-0.39, 0.29) is 6.61 Å². The van der Waals surface area contributed by atoms with Crippen LogP contribution >= 0.6 is 0 Å². The van der Waals surface area contributed by atoms with Crippen LogP contribution < -0.4 is 11.2 Å². The van der Waals surface area contributed by atoms with Gasteiger partial charge in [0.15, 0.2) is 0 Å². The number of aliphatic hydroxyl groups is 1. The minimum atomic E-state index is -0.535. The van der Waals surface area contributed by atoms with E-state index in [4.69, 9.17) is 14.6 Å². The second-order valence-electron chi connectivity index (χ2n) is 4.24. The van der Waals surface area contributed by atoms with Crippen molar-refractivity contribution in [3.63, 3.8) is 0 Å². The number of rotatable bonds is 2. The molecule has 1 aliphatic heterocycles. The van der Waals surface area contributed by atoms with Crippen LogP contribution in [0.3, 0.4) is 0 Å². The molecule has 0 amide bonds. The van der Waals surface area contributed by atoms with Gasteiger partial charge in [-0.1, -0.05) is 0 Å². The van der Waals surface area contributed by atoms with Gasteiger partial charge in [0, 0.05) is 18.2 Å². The number of aromatic amines is 1. The maximum atomic E-state index is 11.7. The van der Waals surface area contributed by atoms with Gasteiger partial charge in [0.05, 0.1) is 19.8 Å². The molecule has 100 valence electrons. The smallest absolute Gasteiger partial charge is 0.330 e. The summed E-state index contributed by atoms with van der Waals surface area (Å²) in [4.78, 5) is 25.2. The summed E-state index contributed by atoms with van der Waals surface area (Å²) in [6, 6.07) is 0. The largest absolute Gasteiger partial charge is 0.394 e. The summed E-state index contributed by atoms with van der Waals surface area (Å²) in [5, 5.41) is 9.10. The SMILES string of the molecule is Cc1cn([C@@H]2CCOC[C@H](CO)O2)c(=O)[nH]c1=O. The number of aryl methyl sites for hydroxylation is 1. The van der Waals surface area contributed by atoms with E-state index in [1.54, 1.807) is 6.92 Å². The standard InChI is InChI=1S/C11H16N2O5/c1-7-4-13(11(16)12-10(7)15)9-2-3-17-6-8(5-14)18-9/h4,8-9,14H,2-3,5-6H2,1H3,(H,12,15,16)/t8-,9-/m0/s1. The third-order valence-electron chi connectivity index (χ3n) is 2.82. The topological polar surface area (TPSA) is 93.6 Å². The average Bonchev–Trinajstić information content (AvgIpc) is 2.59. The molecule has 0 bridgehead atoms. The van der Waals surface area contributed by atoms with Crippen molar-refractivity contribution in [2.24, 2.45) is 0 Å². The highest BCUT2D eigenvalue weighted by Gasteiger charge is 2.22. The van der Waals surface area contributed by atoms with Gasteiger partial charge in [0.2, 0.25) is 0 Å². The quantitative estimate of drug-likeness (QED) is 0.718. The second kappa shape index (κ2) is 5.47. The Morgan fingerprint density at radius 2 is 2.33 bits per heavy atom.